The van der Waals surface area contributed by atoms with Gasteiger partial charge in [-0.15, -0.1) is 11.3 Å². The van der Waals surface area contributed by atoms with Crippen LogP contribution in [0.5, 0.6) is 0 Å². The first-order valence-corrected chi connectivity index (χ1v) is 5.82. The minimum Gasteiger partial charge on any atom is -0.136 e. The third-order valence-corrected chi connectivity index (χ3v) is 3.60. The smallest absolute Gasteiger partial charge is 0.0351 e. The van der Waals surface area contributed by atoms with Crippen LogP contribution >= 0.6 is 11.3 Å². The van der Waals surface area contributed by atoms with Crippen LogP contribution in [0.3, 0.4) is 0 Å². The van der Waals surface area contributed by atoms with E-state index < -0.39 is 0 Å². The molecule has 0 nitrogen and oxygen atoms in total. The van der Waals surface area contributed by atoms with E-state index in [9.17, 15) is 0 Å². The zero-order chi connectivity index (χ0) is 10.8. The lowest BCUT2D eigenvalue weighted by molar-refractivity contribution is 1.40. The largest absolute Gasteiger partial charge is 0.136 e. The van der Waals surface area contributed by atoms with Gasteiger partial charge in [0, 0.05) is 9.75 Å². The molecule has 0 bridgehead atoms. The number of benzene rings is 1. The summed E-state index contributed by atoms with van der Waals surface area (Å²) in [7, 11) is 0. The van der Waals surface area contributed by atoms with E-state index in [1.807, 2.05) is 6.08 Å². The second kappa shape index (κ2) is 4.03. The van der Waals surface area contributed by atoms with Crippen molar-refractivity contribution in [1.82, 2.24) is 0 Å². The molecule has 0 aliphatic carbocycles. The van der Waals surface area contributed by atoms with Gasteiger partial charge in [0.1, 0.15) is 0 Å². The van der Waals surface area contributed by atoms with Gasteiger partial charge < -0.3 is 0 Å². The normalized spacial score (nSPS) is 10.3. The van der Waals surface area contributed by atoms with E-state index >= 15 is 0 Å². The molecule has 15 heavy (non-hydrogen) atoms. The van der Waals surface area contributed by atoms with Gasteiger partial charge in [-0.05, 0) is 37.1 Å². The second-order valence-corrected chi connectivity index (χ2v) is 4.84. The number of rotatable bonds is 2. The van der Waals surface area contributed by atoms with Gasteiger partial charge in [-0.2, -0.15) is 0 Å². The van der Waals surface area contributed by atoms with Crippen molar-refractivity contribution in [3.05, 3.63) is 52.9 Å². The van der Waals surface area contributed by atoms with Crippen molar-refractivity contribution in [2.75, 3.05) is 0 Å². The highest BCUT2D eigenvalue weighted by atomic mass is 32.1. The first kappa shape index (κ1) is 10.2. The van der Waals surface area contributed by atoms with Gasteiger partial charge >= 0.3 is 0 Å². The Morgan fingerprint density at radius 3 is 2.60 bits per heavy atom. The van der Waals surface area contributed by atoms with Gasteiger partial charge in [-0.1, -0.05) is 36.4 Å². The topological polar surface area (TPSA) is 0 Å². The molecule has 0 aliphatic rings. The molecule has 1 aromatic carbocycles. The highest BCUT2D eigenvalue weighted by Gasteiger charge is 2.04. The molecule has 0 N–H and O–H groups in total. The zero-order valence-electron chi connectivity index (χ0n) is 9.08. The van der Waals surface area contributed by atoms with E-state index in [-0.39, 0.29) is 0 Å². The predicted molar refractivity (Wildman–Crippen MR) is 69.3 cm³/mol. The maximum Gasteiger partial charge on any atom is 0.0351 e. The van der Waals surface area contributed by atoms with Gasteiger partial charge in [0.15, 0.2) is 0 Å². The lowest BCUT2D eigenvalue weighted by Gasteiger charge is -2.04. The fourth-order valence-corrected chi connectivity index (χ4v) is 2.55. The van der Waals surface area contributed by atoms with Gasteiger partial charge in [0.25, 0.3) is 0 Å². The average molecular weight is 214 g/mol. The molecule has 0 saturated heterocycles. The van der Waals surface area contributed by atoms with E-state index in [1.54, 1.807) is 11.3 Å². The van der Waals surface area contributed by atoms with Crippen molar-refractivity contribution < 1.29 is 0 Å². The lowest BCUT2D eigenvalue weighted by atomic mass is 10.0. The maximum absolute atomic E-state index is 3.79. The SMILES string of the molecule is C=Cc1ccc(-c2cc(C)ccc2C)s1. The molecular weight excluding hydrogens is 200 g/mol. The van der Waals surface area contributed by atoms with Crippen LogP contribution in [0, 0.1) is 13.8 Å². The molecular formula is C14H14S. The van der Waals surface area contributed by atoms with Crippen LogP contribution in [0.4, 0.5) is 0 Å². The Hall–Kier alpha value is -1.34. The molecule has 0 amide bonds. The summed E-state index contributed by atoms with van der Waals surface area (Å²) in [5.41, 5.74) is 3.98. The average Bonchev–Trinajstić information content (AvgIpc) is 2.70. The number of hydrogen-bond donors (Lipinski definition) is 0. The zero-order valence-corrected chi connectivity index (χ0v) is 9.90. The molecule has 1 aromatic heterocycles. The van der Waals surface area contributed by atoms with Crippen molar-refractivity contribution in [1.29, 1.82) is 0 Å². The van der Waals surface area contributed by atoms with Crippen LogP contribution in [0.1, 0.15) is 16.0 Å². The van der Waals surface area contributed by atoms with Gasteiger partial charge in [0.2, 0.25) is 0 Å². The summed E-state index contributed by atoms with van der Waals surface area (Å²) < 4.78 is 0. The van der Waals surface area contributed by atoms with E-state index in [0.29, 0.717) is 0 Å². The van der Waals surface area contributed by atoms with Crippen LogP contribution in [-0.4, -0.2) is 0 Å². The number of aryl methyl sites for hydroxylation is 2. The maximum atomic E-state index is 3.79. The third-order valence-electron chi connectivity index (χ3n) is 2.49. The van der Waals surface area contributed by atoms with Crippen LogP contribution in [0.2, 0.25) is 0 Å². The summed E-state index contributed by atoms with van der Waals surface area (Å²) >= 11 is 1.79. The van der Waals surface area contributed by atoms with Crippen molar-refractivity contribution in [3.63, 3.8) is 0 Å². The fourth-order valence-electron chi connectivity index (χ4n) is 1.61. The molecule has 0 spiro atoms. The van der Waals surface area contributed by atoms with Crippen molar-refractivity contribution in [2.24, 2.45) is 0 Å². The van der Waals surface area contributed by atoms with Gasteiger partial charge in [-0.25, -0.2) is 0 Å². The third kappa shape index (κ3) is 2.02. The lowest BCUT2D eigenvalue weighted by Crippen LogP contribution is -1.81. The van der Waals surface area contributed by atoms with E-state index in [4.69, 9.17) is 0 Å². The quantitative estimate of drug-likeness (QED) is 0.681. The molecule has 0 unspecified atom stereocenters. The summed E-state index contributed by atoms with van der Waals surface area (Å²) in [6, 6.07) is 10.9. The second-order valence-electron chi connectivity index (χ2n) is 3.72. The van der Waals surface area contributed by atoms with Crippen molar-refractivity contribution in [2.45, 2.75) is 13.8 Å². The summed E-state index contributed by atoms with van der Waals surface area (Å²) in [4.78, 5) is 2.55. The number of hydrogen-bond acceptors (Lipinski definition) is 1. The Morgan fingerprint density at radius 1 is 1.13 bits per heavy atom. The monoisotopic (exact) mass is 214 g/mol. The summed E-state index contributed by atoms with van der Waals surface area (Å²) in [6.45, 7) is 8.07. The molecule has 1 heterocycles. The summed E-state index contributed by atoms with van der Waals surface area (Å²) in [5.74, 6) is 0. The van der Waals surface area contributed by atoms with Crippen LogP contribution in [-0.2, 0) is 0 Å². The molecule has 76 valence electrons. The van der Waals surface area contributed by atoms with E-state index in [1.165, 1.54) is 26.4 Å². The van der Waals surface area contributed by atoms with E-state index in [0.717, 1.165) is 0 Å². The van der Waals surface area contributed by atoms with Crippen LogP contribution < -0.4 is 0 Å². The predicted octanol–water partition coefficient (Wildman–Crippen LogP) is 4.67. The molecule has 2 aromatic rings. The van der Waals surface area contributed by atoms with Gasteiger partial charge in [-0.3, -0.25) is 0 Å². The van der Waals surface area contributed by atoms with Crippen molar-refractivity contribution >= 4 is 17.4 Å². The molecule has 0 saturated carbocycles. The Balaban J connectivity index is 2.52. The van der Waals surface area contributed by atoms with Crippen molar-refractivity contribution in [3.8, 4) is 10.4 Å². The minimum atomic E-state index is 1.23. The fraction of sp³-hybridized carbons (Fsp3) is 0.143. The molecule has 1 heteroatoms. The standard InChI is InChI=1S/C14H14S/c1-4-12-7-8-14(15-12)13-9-10(2)5-6-11(13)3/h4-9H,1H2,2-3H3. The van der Waals surface area contributed by atoms with Crippen LogP contribution in [0.25, 0.3) is 16.5 Å². The summed E-state index contributed by atoms with van der Waals surface area (Å²) in [5, 5.41) is 0. The molecule has 0 fully saturated rings. The number of thiophene rings is 1. The highest BCUT2D eigenvalue weighted by molar-refractivity contribution is 7.16. The molecule has 0 atom stereocenters. The minimum absolute atomic E-state index is 1.23. The molecule has 0 radical (unpaired) electrons. The first-order valence-electron chi connectivity index (χ1n) is 5.00. The molecule has 2 rings (SSSR count). The Bertz CT molecular complexity index is 492. The van der Waals surface area contributed by atoms with Crippen LogP contribution in [0.15, 0.2) is 36.9 Å². The highest BCUT2D eigenvalue weighted by Crippen LogP contribution is 2.31. The summed E-state index contributed by atoms with van der Waals surface area (Å²) in [6.07, 6.45) is 1.90. The Labute approximate surface area is 94.9 Å². The van der Waals surface area contributed by atoms with Gasteiger partial charge in [0.05, 0.1) is 0 Å². The Morgan fingerprint density at radius 2 is 1.93 bits per heavy atom. The Kier molecular flexibility index (Phi) is 2.74. The van der Waals surface area contributed by atoms with E-state index in [2.05, 4.69) is 50.8 Å². The molecule has 0 aliphatic heterocycles. The first-order chi connectivity index (χ1) is 7.20.